The van der Waals surface area contributed by atoms with Gasteiger partial charge in [0.05, 0.1) is 16.9 Å². The minimum absolute atomic E-state index is 0.304. The molecule has 0 aliphatic heterocycles. The molecule has 0 aliphatic rings. The molecule has 130 valence electrons. The predicted molar refractivity (Wildman–Crippen MR) is 99.5 cm³/mol. The second kappa shape index (κ2) is 7.13. The molecule has 0 saturated heterocycles. The highest BCUT2D eigenvalue weighted by Gasteiger charge is 2.14. The van der Waals surface area contributed by atoms with Gasteiger partial charge in [-0.2, -0.15) is 5.10 Å². The van der Waals surface area contributed by atoms with Gasteiger partial charge in [-0.05, 0) is 30.3 Å². The van der Waals surface area contributed by atoms with Crippen LogP contribution in [0.25, 0.3) is 17.1 Å². The fourth-order valence-electron chi connectivity index (χ4n) is 2.62. The summed E-state index contributed by atoms with van der Waals surface area (Å²) in [5.74, 6) is 0.866. The third-order valence-electron chi connectivity index (χ3n) is 3.96. The average Bonchev–Trinajstić information content (AvgIpc) is 3.28. The summed E-state index contributed by atoms with van der Waals surface area (Å²) < 4.78 is 17.6. The standard InChI is InChI=1S/C19H16FN5S/c1-24-18(16-9-5-6-10-17(16)20)21-22-19(24)26-13-14-11-12-25(23-14)15-7-3-2-4-8-15/h2-12H,13H2,1H3. The zero-order valence-corrected chi connectivity index (χ0v) is 14.9. The van der Waals surface area contributed by atoms with Crippen LogP contribution in [0.5, 0.6) is 0 Å². The molecule has 0 amide bonds. The summed E-state index contributed by atoms with van der Waals surface area (Å²) in [4.78, 5) is 0. The van der Waals surface area contributed by atoms with E-state index >= 15 is 0 Å². The summed E-state index contributed by atoms with van der Waals surface area (Å²) in [7, 11) is 1.84. The van der Waals surface area contributed by atoms with Crippen molar-refractivity contribution in [2.75, 3.05) is 0 Å². The maximum atomic E-state index is 14.0. The van der Waals surface area contributed by atoms with Crippen molar-refractivity contribution in [2.24, 2.45) is 7.05 Å². The molecule has 0 unspecified atom stereocenters. The first kappa shape index (κ1) is 16.5. The summed E-state index contributed by atoms with van der Waals surface area (Å²) in [6, 6.07) is 18.5. The van der Waals surface area contributed by atoms with Gasteiger partial charge in [0.25, 0.3) is 0 Å². The highest BCUT2D eigenvalue weighted by molar-refractivity contribution is 7.98. The van der Waals surface area contributed by atoms with E-state index in [9.17, 15) is 4.39 Å². The Labute approximate surface area is 154 Å². The fraction of sp³-hybridized carbons (Fsp3) is 0.105. The van der Waals surface area contributed by atoms with Crippen molar-refractivity contribution in [3.8, 4) is 17.1 Å². The van der Waals surface area contributed by atoms with E-state index in [0.717, 1.165) is 16.5 Å². The number of rotatable bonds is 5. The Hall–Kier alpha value is -2.93. The van der Waals surface area contributed by atoms with Gasteiger partial charge in [-0.1, -0.05) is 42.1 Å². The van der Waals surface area contributed by atoms with E-state index < -0.39 is 0 Å². The summed E-state index contributed by atoms with van der Waals surface area (Å²) in [6.07, 6.45) is 1.94. The molecule has 0 fully saturated rings. The number of nitrogens with zero attached hydrogens (tertiary/aromatic N) is 5. The van der Waals surface area contributed by atoms with E-state index in [-0.39, 0.29) is 5.82 Å². The summed E-state index contributed by atoms with van der Waals surface area (Å²) in [6.45, 7) is 0. The number of aromatic nitrogens is 5. The molecule has 2 aromatic heterocycles. The lowest BCUT2D eigenvalue weighted by Gasteiger charge is -2.04. The second-order valence-corrected chi connectivity index (χ2v) is 6.66. The molecule has 0 aliphatic carbocycles. The van der Waals surface area contributed by atoms with Crippen LogP contribution in [0, 0.1) is 5.82 Å². The van der Waals surface area contributed by atoms with Crippen LogP contribution >= 0.6 is 11.8 Å². The highest BCUT2D eigenvalue weighted by Crippen LogP contribution is 2.26. The number of hydrogen-bond acceptors (Lipinski definition) is 4. The van der Waals surface area contributed by atoms with Gasteiger partial charge in [-0.3, -0.25) is 0 Å². The van der Waals surface area contributed by atoms with Crippen LogP contribution in [-0.2, 0) is 12.8 Å². The van der Waals surface area contributed by atoms with Crippen LogP contribution in [0.1, 0.15) is 5.69 Å². The zero-order chi connectivity index (χ0) is 17.9. The zero-order valence-electron chi connectivity index (χ0n) is 14.1. The quantitative estimate of drug-likeness (QED) is 0.500. The van der Waals surface area contributed by atoms with E-state index in [2.05, 4.69) is 15.3 Å². The van der Waals surface area contributed by atoms with Crippen molar-refractivity contribution in [3.63, 3.8) is 0 Å². The molecule has 0 radical (unpaired) electrons. The fourth-order valence-corrected chi connectivity index (χ4v) is 3.43. The molecule has 0 spiro atoms. The molecule has 0 N–H and O–H groups in total. The SMILES string of the molecule is Cn1c(SCc2ccn(-c3ccccc3)n2)nnc1-c1ccccc1F. The van der Waals surface area contributed by atoms with Gasteiger partial charge < -0.3 is 4.57 Å². The molecule has 4 aromatic rings. The maximum absolute atomic E-state index is 14.0. The first-order valence-electron chi connectivity index (χ1n) is 8.09. The Balaban J connectivity index is 1.50. The minimum Gasteiger partial charge on any atom is -0.305 e. The number of para-hydroxylation sites is 1. The number of thioether (sulfide) groups is 1. The smallest absolute Gasteiger partial charge is 0.191 e. The summed E-state index contributed by atoms with van der Waals surface area (Å²) in [5, 5.41) is 13.6. The molecular weight excluding hydrogens is 349 g/mol. The lowest BCUT2D eigenvalue weighted by atomic mass is 10.2. The first-order chi connectivity index (χ1) is 12.7. The van der Waals surface area contributed by atoms with Crippen molar-refractivity contribution in [3.05, 3.63) is 78.4 Å². The Morgan fingerprint density at radius 3 is 2.54 bits per heavy atom. The first-order valence-corrected chi connectivity index (χ1v) is 9.08. The van der Waals surface area contributed by atoms with Crippen LogP contribution in [0.4, 0.5) is 4.39 Å². The monoisotopic (exact) mass is 365 g/mol. The van der Waals surface area contributed by atoms with E-state index in [4.69, 9.17) is 0 Å². The molecule has 0 atom stereocenters. The van der Waals surface area contributed by atoms with Gasteiger partial charge in [0.2, 0.25) is 0 Å². The van der Waals surface area contributed by atoms with E-state index in [0.29, 0.717) is 17.1 Å². The van der Waals surface area contributed by atoms with Crippen LogP contribution in [0.2, 0.25) is 0 Å². The summed E-state index contributed by atoms with van der Waals surface area (Å²) in [5.41, 5.74) is 2.40. The topological polar surface area (TPSA) is 48.5 Å². The van der Waals surface area contributed by atoms with Gasteiger partial charge in [0, 0.05) is 19.0 Å². The molecule has 7 heteroatoms. The third kappa shape index (κ3) is 3.25. The molecule has 2 aromatic carbocycles. The van der Waals surface area contributed by atoms with Crippen molar-refractivity contribution in [1.82, 2.24) is 24.5 Å². The van der Waals surface area contributed by atoms with Crippen molar-refractivity contribution in [1.29, 1.82) is 0 Å². The molecule has 2 heterocycles. The van der Waals surface area contributed by atoms with Gasteiger partial charge in [-0.25, -0.2) is 9.07 Å². The van der Waals surface area contributed by atoms with Gasteiger partial charge in [0.15, 0.2) is 11.0 Å². The van der Waals surface area contributed by atoms with Crippen LogP contribution in [-0.4, -0.2) is 24.5 Å². The normalized spacial score (nSPS) is 11.0. The van der Waals surface area contributed by atoms with E-state index in [1.165, 1.54) is 17.8 Å². The van der Waals surface area contributed by atoms with Crippen molar-refractivity contribution >= 4 is 11.8 Å². The lowest BCUT2D eigenvalue weighted by Crippen LogP contribution is -1.97. The molecular formula is C19H16FN5S. The van der Waals surface area contributed by atoms with Crippen LogP contribution in [0.3, 0.4) is 0 Å². The minimum atomic E-state index is -0.304. The largest absolute Gasteiger partial charge is 0.305 e. The maximum Gasteiger partial charge on any atom is 0.191 e. The van der Waals surface area contributed by atoms with Crippen molar-refractivity contribution in [2.45, 2.75) is 10.9 Å². The summed E-state index contributed by atoms with van der Waals surface area (Å²) >= 11 is 1.52. The predicted octanol–water partition coefficient (Wildman–Crippen LogP) is 4.10. The van der Waals surface area contributed by atoms with E-state index in [1.807, 2.05) is 54.3 Å². The van der Waals surface area contributed by atoms with E-state index in [1.54, 1.807) is 22.8 Å². The molecule has 0 bridgehead atoms. The molecule has 26 heavy (non-hydrogen) atoms. The molecule has 5 nitrogen and oxygen atoms in total. The lowest BCUT2D eigenvalue weighted by molar-refractivity contribution is 0.628. The Bertz CT molecular complexity index is 1030. The molecule has 0 saturated carbocycles. The second-order valence-electron chi connectivity index (χ2n) is 5.72. The van der Waals surface area contributed by atoms with Gasteiger partial charge in [-0.15, -0.1) is 10.2 Å². The number of benzene rings is 2. The number of hydrogen-bond donors (Lipinski definition) is 0. The Kier molecular flexibility index (Phi) is 4.53. The average molecular weight is 365 g/mol. The Morgan fingerprint density at radius 1 is 0.962 bits per heavy atom. The van der Waals surface area contributed by atoms with Crippen LogP contribution in [0.15, 0.2) is 72.0 Å². The van der Waals surface area contributed by atoms with Crippen LogP contribution < -0.4 is 0 Å². The van der Waals surface area contributed by atoms with Gasteiger partial charge >= 0.3 is 0 Å². The molecule has 4 rings (SSSR count). The van der Waals surface area contributed by atoms with Crippen molar-refractivity contribution < 1.29 is 4.39 Å². The highest BCUT2D eigenvalue weighted by atomic mass is 32.2. The number of halogens is 1. The third-order valence-corrected chi connectivity index (χ3v) is 5.02. The van der Waals surface area contributed by atoms with Gasteiger partial charge in [0.1, 0.15) is 5.82 Å². The Morgan fingerprint density at radius 2 is 1.73 bits per heavy atom.